The molecule has 0 bridgehead atoms. The fourth-order valence-corrected chi connectivity index (χ4v) is 6.19. The highest BCUT2D eigenvalue weighted by Gasteiger charge is 2.59. The third kappa shape index (κ3) is 3.94. The SMILES string of the molecule is CCS(=O)(=O)N1C[C@@H]2CN(C(=O)CN3CCCCCC3)C[C@]2(c2nc(C)no2)C1. The zero-order valence-corrected chi connectivity index (χ0v) is 18.2. The molecule has 1 aromatic heterocycles. The van der Waals surface area contributed by atoms with Crippen molar-refractivity contribution in [1.82, 2.24) is 24.2 Å². The molecule has 0 unspecified atom stereocenters. The number of carbonyl (C=O) groups excluding carboxylic acids is 1. The lowest BCUT2D eigenvalue weighted by atomic mass is 9.81. The summed E-state index contributed by atoms with van der Waals surface area (Å²) in [4.78, 5) is 21.6. The fraction of sp³-hybridized carbons (Fsp3) is 0.842. The molecule has 0 aliphatic carbocycles. The molecule has 4 rings (SSSR count). The van der Waals surface area contributed by atoms with E-state index >= 15 is 0 Å². The maximum Gasteiger partial charge on any atom is 0.236 e. The summed E-state index contributed by atoms with van der Waals surface area (Å²) in [5.74, 6) is 1.13. The van der Waals surface area contributed by atoms with Crippen molar-refractivity contribution in [2.24, 2.45) is 5.92 Å². The number of likely N-dealkylation sites (tertiary alicyclic amines) is 2. The minimum absolute atomic E-state index is 0.0308. The highest BCUT2D eigenvalue weighted by Crippen LogP contribution is 2.45. The first kappa shape index (κ1) is 20.7. The van der Waals surface area contributed by atoms with E-state index in [0.717, 1.165) is 25.9 Å². The van der Waals surface area contributed by atoms with Crippen LogP contribution in [0.25, 0.3) is 0 Å². The number of amides is 1. The Bertz CT molecular complexity index is 849. The minimum atomic E-state index is -3.31. The van der Waals surface area contributed by atoms with Gasteiger partial charge in [-0.25, -0.2) is 12.7 Å². The molecule has 162 valence electrons. The van der Waals surface area contributed by atoms with Crippen molar-refractivity contribution in [2.45, 2.75) is 44.9 Å². The average molecular weight is 426 g/mol. The lowest BCUT2D eigenvalue weighted by molar-refractivity contribution is -0.131. The Labute approximate surface area is 172 Å². The van der Waals surface area contributed by atoms with E-state index in [0.29, 0.717) is 44.4 Å². The lowest BCUT2D eigenvalue weighted by Gasteiger charge is -2.27. The third-order valence-electron chi connectivity index (χ3n) is 6.70. The van der Waals surface area contributed by atoms with Gasteiger partial charge in [-0.1, -0.05) is 18.0 Å². The number of aryl methyl sites for hydroxylation is 1. The van der Waals surface area contributed by atoms with Crippen LogP contribution in [-0.2, 0) is 20.2 Å². The van der Waals surface area contributed by atoms with Crippen LogP contribution in [0.5, 0.6) is 0 Å². The van der Waals surface area contributed by atoms with E-state index in [2.05, 4.69) is 15.0 Å². The molecule has 29 heavy (non-hydrogen) atoms. The van der Waals surface area contributed by atoms with Crippen LogP contribution in [0.15, 0.2) is 4.52 Å². The van der Waals surface area contributed by atoms with Gasteiger partial charge in [-0.3, -0.25) is 9.69 Å². The van der Waals surface area contributed by atoms with Gasteiger partial charge >= 0.3 is 0 Å². The molecule has 3 fully saturated rings. The number of hydrogen-bond acceptors (Lipinski definition) is 7. The second-order valence-corrected chi connectivity index (χ2v) is 10.9. The van der Waals surface area contributed by atoms with E-state index in [1.54, 1.807) is 13.8 Å². The number of rotatable bonds is 5. The molecule has 0 saturated carbocycles. The summed E-state index contributed by atoms with van der Waals surface area (Å²) in [5.41, 5.74) is -0.613. The van der Waals surface area contributed by atoms with Crippen molar-refractivity contribution in [3.8, 4) is 0 Å². The van der Waals surface area contributed by atoms with Gasteiger partial charge in [0.05, 0.1) is 17.7 Å². The maximum absolute atomic E-state index is 13.1. The van der Waals surface area contributed by atoms with Crippen molar-refractivity contribution < 1.29 is 17.7 Å². The summed E-state index contributed by atoms with van der Waals surface area (Å²) in [6, 6.07) is 0. The molecule has 9 nitrogen and oxygen atoms in total. The van der Waals surface area contributed by atoms with Gasteiger partial charge in [0.1, 0.15) is 0 Å². The first-order chi connectivity index (χ1) is 13.8. The van der Waals surface area contributed by atoms with Gasteiger partial charge in [-0.05, 0) is 39.8 Å². The molecule has 1 aromatic rings. The highest BCUT2D eigenvalue weighted by molar-refractivity contribution is 7.89. The van der Waals surface area contributed by atoms with Crippen LogP contribution in [0, 0.1) is 12.8 Å². The number of fused-ring (bicyclic) bond motifs is 1. The van der Waals surface area contributed by atoms with Crippen LogP contribution in [-0.4, -0.2) is 90.1 Å². The van der Waals surface area contributed by atoms with E-state index in [4.69, 9.17) is 4.52 Å². The van der Waals surface area contributed by atoms with Gasteiger partial charge in [0, 0.05) is 32.1 Å². The molecule has 3 aliphatic rings. The zero-order valence-electron chi connectivity index (χ0n) is 17.3. The smallest absolute Gasteiger partial charge is 0.236 e. The molecule has 3 aliphatic heterocycles. The van der Waals surface area contributed by atoms with E-state index < -0.39 is 15.4 Å². The second-order valence-electron chi connectivity index (χ2n) is 8.66. The molecule has 2 atom stereocenters. The quantitative estimate of drug-likeness (QED) is 0.682. The second kappa shape index (κ2) is 7.96. The van der Waals surface area contributed by atoms with Crippen LogP contribution in [0.2, 0.25) is 0 Å². The standard InChI is InChI=1S/C19H31N5O4S/c1-3-29(26,27)24-11-16-10-23(17(25)12-22-8-6-4-5-7-9-22)13-19(16,14-24)18-20-15(2)21-28-18/h16H,3-14H2,1-2H3/t16-,19-/m0/s1. The zero-order chi connectivity index (χ0) is 20.6. The number of carbonyl (C=O) groups is 1. The topological polar surface area (TPSA) is 99.9 Å². The summed E-state index contributed by atoms with van der Waals surface area (Å²) < 4.78 is 32.0. The van der Waals surface area contributed by atoms with Gasteiger partial charge in [0.25, 0.3) is 0 Å². The van der Waals surface area contributed by atoms with Crippen LogP contribution in [0.1, 0.15) is 44.3 Å². The van der Waals surface area contributed by atoms with Crippen LogP contribution >= 0.6 is 0 Å². The van der Waals surface area contributed by atoms with Crippen molar-refractivity contribution in [3.63, 3.8) is 0 Å². The molecule has 0 spiro atoms. The molecule has 0 radical (unpaired) electrons. The summed E-state index contributed by atoms with van der Waals surface area (Å²) >= 11 is 0. The van der Waals surface area contributed by atoms with Gasteiger partial charge in [-0.15, -0.1) is 0 Å². The molecule has 10 heteroatoms. The maximum atomic E-state index is 13.1. The molecular weight excluding hydrogens is 394 g/mol. The van der Waals surface area contributed by atoms with E-state index in [-0.39, 0.29) is 17.6 Å². The number of aromatic nitrogens is 2. The predicted molar refractivity (Wildman–Crippen MR) is 107 cm³/mol. The Balaban J connectivity index is 1.53. The number of nitrogens with zero attached hydrogens (tertiary/aromatic N) is 5. The predicted octanol–water partition coefficient (Wildman–Crippen LogP) is 0.616. The summed E-state index contributed by atoms with van der Waals surface area (Å²) in [6.45, 7) is 7.44. The first-order valence-corrected chi connectivity index (χ1v) is 12.2. The van der Waals surface area contributed by atoms with Gasteiger partial charge < -0.3 is 9.42 Å². The molecule has 0 N–H and O–H groups in total. The van der Waals surface area contributed by atoms with Crippen LogP contribution in [0.3, 0.4) is 0 Å². The van der Waals surface area contributed by atoms with E-state index in [1.807, 2.05) is 4.90 Å². The largest absolute Gasteiger partial charge is 0.340 e. The van der Waals surface area contributed by atoms with E-state index in [1.165, 1.54) is 17.1 Å². The van der Waals surface area contributed by atoms with Crippen molar-refractivity contribution in [3.05, 3.63) is 11.7 Å². The van der Waals surface area contributed by atoms with Gasteiger partial charge in [-0.2, -0.15) is 4.98 Å². The Morgan fingerprint density at radius 3 is 2.52 bits per heavy atom. The van der Waals surface area contributed by atoms with Crippen molar-refractivity contribution >= 4 is 15.9 Å². The summed E-state index contributed by atoms with van der Waals surface area (Å²) in [6.07, 6.45) is 4.76. The molecule has 1 amide bonds. The Kier molecular flexibility index (Phi) is 5.69. The third-order valence-corrected chi connectivity index (χ3v) is 8.49. The van der Waals surface area contributed by atoms with Crippen LogP contribution in [0.4, 0.5) is 0 Å². The molecule has 3 saturated heterocycles. The van der Waals surface area contributed by atoms with Crippen molar-refractivity contribution in [2.75, 3.05) is 51.6 Å². The number of sulfonamides is 1. The average Bonchev–Trinajstić information content (AvgIpc) is 3.30. The Morgan fingerprint density at radius 1 is 1.17 bits per heavy atom. The first-order valence-electron chi connectivity index (χ1n) is 10.6. The van der Waals surface area contributed by atoms with Crippen LogP contribution < -0.4 is 0 Å². The summed E-state index contributed by atoms with van der Waals surface area (Å²) in [7, 11) is -3.31. The molecule has 0 aromatic carbocycles. The normalized spacial score (nSPS) is 29.2. The van der Waals surface area contributed by atoms with Crippen molar-refractivity contribution in [1.29, 1.82) is 0 Å². The minimum Gasteiger partial charge on any atom is -0.340 e. The lowest BCUT2D eigenvalue weighted by Crippen LogP contribution is -2.44. The monoisotopic (exact) mass is 425 g/mol. The molecular formula is C19H31N5O4S. The van der Waals surface area contributed by atoms with Gasteiger partial charge in [0.15, 0.2) is 5.82 Å². The fourth-order valence-electron chi connectivity index (χ4n) is 4.99. The summed E-state index contributed by atoms with van der Waals surface area (Å²) in [5, 5.41) is 3.93. The Morgan fingerprint density at radius 2 is 1.90 bits per heavy atom. The number of hydrogen-bond donors (Lipinski definition) is 0. The van der Waals surface area contributed by atoms with E-state index in [9.17, 15) is 13.2 Å². The highest BCUT2D eigenvalue weighted by atomic mass is 32.2. The molecule has 4 heterocycles. The van der Waals surface area contributed by atoms with Gasteiger partial charge in [0.2, 0.25) is 21.8 Å². The Hall–Kier alpha value is -1.52.